The van der Waals surface area contributed by atoms with Crippen LogP contribution in [0.3, 0.4) is 0 Å². The predicted molar refractivity (Wildman–Crippen MR) is 78.6 cm³/mol. The normalized spacial score (nSPS) is 30.8. The van der Waals surface area contributed by atoms with Crippen molar-refractivity contribution < 1.29 is 9.47 Å². The Kier molecular flexibility index (Phi) is 4.17. The first kappa shape index (κ1) is 14.8. The second-order valence-electron chi connectivity index (χ2n) is 5.43. The quantitative estimate of drug-likeness (QED) is 0.799. The number of aromatic nitrogens is 2. The molecule has 2 fully saturated rings. The molecule has 3 rings (SSSR count). The smallest absolute Gasteiger partial charge is 0.287 e. The summed E-state index contributed by atoms with van der Waals surface area (Å²) < 4.78 is 11.9. The van der Waals surface area contributed by atoms with Gasteiger partial charge in [0.15, 0.2) is 0 Å². The molecule has 1 aromatic rings. The zero-order chi connectivity index (χ0) is 15.0. The number of fused-ring (bicyclic) bond motifs is 1. The molecule has 4 unspecified atom stereocenters. The summed E-state index contributed by atoms with van der Waals surface area (Å²) in [5.41, 5.74) is 6.30. The molecule has 1 aromatic heterocycles. The summed E-state index contributed by atoms with van der Waals surface area (Å²) in [7, 11) is 1.57. The predicted octanol–water partition coefficient (Wildman–Crippen LogP) is 0.0696. The zero-order valence-corrected chi connectivity index (χ0v) is 12.5. The van der Waals surface area contributed by atoms with Gasteiger partial charge in [0.25, 0.3) is 5.56 Å². The van der Waals surface area contributed by atoms with Crippen LogP contribution in [-0.4, -0.2) is 48.3 Å². The van der Waals surface area contributed by atoms with Gasteiger partial charge in [0.2, 0.25) is 0 Å². The average molecular weight is 315 g/mol. The number of ether oxygens (including phenoxy) is 2. The molecule has 1 saturated heterocycles. The molecule has 2 aliphatic rings. The van der Waals surface area contributed by atoms with Gasteiger partial charge in [0.05, 0.1) is 37.2 Å². The van der Waals surface area contributed by atoms with Crippen molar-refractivity contribution in [3.63, 3.8) is 0 Å². The van der Waals surface area contributed by atoms with Gasteiger partial charge in [0.1, 0.15) is 5.02 Å². The highest BCUT2D eigenvalue weighted by molar-refractivity contribution is 6.32. The van der Waals surface area contributed by atoms with Crippen LogP contribution in [0.4, 0.5) is 5.69 Å². The van der Waals surface area contributed by atoms with E-state index in [0.717, 1.165) is 13.0 Å². The van der Waals surface area contributed by atoms with Crippen molar-refractivity contribution in [1.82, 2.24) is 9.78 Å². The molecular formula is C13H19ClN4O3. The van der Waals surface area contributed by atoms with Gasteiger partial charge < -0.3 is 20.5 Å². The summed E-state index contributed by atoms with van der Waals surface area (Å²) in [6.07, 6.45) is 2.65. The summed E-state index contributed by atoms with van der Waals surface area (Å²) in [6.45, 7) is 1.51. The van der Waals surface area contributed by atoms with E-state index in [1.165, 1.54) is 4.68 Å². The molecule has 0 bridgehead atoms. The average Bonchev–Trinajstić information content (AvgIpc) is 2.92. The molecular weight excluding hydrogens is 296 g/mol. The first-order chi connectivity index (χ1) is 10.1. The molecule has 0 aromatic carbocycles. The molecule has 4 atom stereocenters. The fourth-order valence-corrected chi connectivity index (χ4v) is 3.21. The lowest BCUT2D eigenvalue weighted by atomic mass is 9.72. The zero-order valence-electron chi connectivity index (χ0n) is 11.8. The third-order valence-corrected chi connectivity index (χ3v) is 4.63. The first-order valence-electron chi connectivity index (χ1n) is 7.01. The molecule has 0 spiro atoms. The Balaban J connectivity index is 1.74. The van der Waals surface area contributed by atoms with Crippen LogP contribution in [0.1, 0.15) is 6.42 Å². The van der Waals surface area contributed by atoms with Gasteiger partial charge in [-0.15, -0.1) is 0 Å². The van der Waals surface area contributed by atoms with E-state index < -0.39 is 0 Å². The Morgan fingerprint density at radius 2 is 2.48 bits per heavy atom. The maximum Gasteiger partial charge on any atom is 0.287 e. The van der Waals surface area contributed by atoms with Crippen LogP contribution in [0, 0.1) is 5.92 Å². The van der Waals surface area contributed by atoms with Gasteiger partial charge in [-0.3, -0.25) is 4.79 Å². The summed E-state index contributed by atoms with van der Waals surface area (Å²) in [5, 5.41) is 7.42. The summed E-state index contributed by atoms with van der Waals surface area (Å²) in [4.78, 5) is 12.1. The summed E-state index contributed by atoms with van der Waals surface area (Å²) >= 11 is 6.13. The molecule has 116 valence electrons. The highest BCUT2D eigenvalue weighted by Gasteiger charge is 2.52. The van der Waals surface area contributed by atoms with E-state index in [9.17, 15) is 4.79 Å². The maximum absolute atomic E-state index is 12.1. The van der Waals surface area contributed by atoms with E-state index in [4.69, 9.17) is 26.8 Å². The maximum atomic E-state index is 12.1. The van der Waals surface area contributed by atoms with Gasteiger partial charge in [0, 0.05) is 25.7 Å². The third kappa shape index (κ3) is 2.55. The van der Waals surface area contributed by atoms with Crippen LogP contribution < -0.4 is 16.6 Å². The number of anilines is 1. The molecule has 8 heteroatoms. The lowest BCUT2D eigenvalue weighted by Gasteiger charge is -2.46. The van der Waals surface area contributed by atoms with Crippen molar-refractivity contribution in [3.8, 4) is 0 Å². The molecule has 1 aliphatic carbocycles. The lowest BCUT2D eigenvalue weighted by molar-refractivity contribution is 0.00536. The number of nitrogens with two attached hydrogens (primary N) is 1. The summed E-state index contributed by atoms with van der Waals surface area (Å²) in [6, 6.07) is -0.00415. The Hall–Kier alpha value is -1.15. The van der Waals surface area contributed by atoms with Gasteiger partial charge in [-0.25, -0.2) is 4.68 Å². The van der Waals surface area contributed by atoms with E-state index >= 15 is 0 Å². The van der Waals surface area contributed by atoms with Crippen molar-refractivity contribution in [1.29, 1.82) is 0 Å². The molecule has 1 aliphatic heterocycles. The summed E-state index contributed by atoms with van der Waals surface area (Å²) in [5.74, 6) is 0.399. The Bertz CT molecular complexity index is 579. The van der Waals surface area contributed by atoms with Crippen LogP contribution in [-0.2, 0) is 16.0 Å². The van der Waals surface area contributed by atoms with E-state index in [-0.39, 0.29) is 28.8 Å². The lowest BCUT2D eigenvalue weighted by Crippen LogP contribution is -2.65. The molecule has 0 radical (unpaired) electrons. The molecule has 3 N–H and O–H groups in total. The van der Waals surface area contributed by atoms with Crippen molar-refractivity contribution in [2.75, 3.05) is 25.6 Å². The van der Waals surface area contributed by atoms with Crippen molar-refractivity contribution in [2.45, 2.75) is 31.2 Å². The number of hydrogen-bond acceptors (Lipinski definition) is 6. The number of halogens is 1. The Morgan fingerprint density at radius 1 is 1.67 bits per heavy atom. The van der Waals surface area contributed by atoms with Gasteiger partial charge in [-0.2, -0.15) is 5.10 Å². The SMILES string of the molecule is COCCn1ncc(NC2C(N)C3CCOC32)c(Cl)c1=O. The minimum atomic E-state index is -0.337. The molecule has 2 heterocycles. The Labute approximate surface area is 127 Å². The van der Waals surface area contributed by atoms with E-state index in [2.05, 4.69) is 10.4 Å². The highest BCUT2D eigenvalue weighted by atomic mass is 35.5. The van der Waals surface area contributed by atoms with Crippen LogP contribution in [0.5, 0.6) is 0 Å². The van der Waals surface area contributed by atoms with Gasteiger partial charge in [-0.05, 0) is 6.42 Å². The van der Waals surface area contributed by atoms with E-state index in [1.807, 2.05) is 0 Å². The second-order valence-corrected chi connectivity index (χ2v) is 5.81. The fraction of sp³-hybridized carbons (Fsp3) is 0.692. The molecule has 0 amide bonds. The monoisotopic (exact) mass is 314 g/mol. The number of nitrogens with zero attached hydrogens (tertiary/aromatic N) is 2. The topological polar surface area (TPSA) is 91.4 Å². The standard InChI is InChI=1S/C13H19ClN4O3/c1-20-5-3-18-13(19)9(14)8(6-16-18)17-11-10(15)7-2-4-21-12(7)11/h6-7,10-12,17H,2-5,15H2,1H3. The Morgan fingerprint density at radius 3 is 3.24 bits per heavy atom. The minimum absolute atomic E-state index is 0.0180. The fourth-order valence-electron chi connectivity index (χ4n) is 3.01. The molecule has 21 heavy (non-hydrogen) atoms. The van der Waals surface area contributed by atoms with Crippen molar-refractivity contribution in [2.24, 2.45) is 11.7 Å². The van der Waals surface area contributed by atoms with Crippen molar-refractivity contribution in [3.05, 3.63) is 21.6 Å². The van der Waals surface area contributed by atoms with Crippen LogP contribution in [0.25, 0.3) is 0 Å². The van der Waals surface area contributed by atoms with Gasteiger partial charge in [-0.1, -0.05) is 11.6 Å². The molecule has 1 saturated carbocycles. The largest absolute Gasteiger partial charge is 0.383 e. The minimum Gasteiger partial charge on any atom is -0.383 e. The number of nitrogens with one attached hydrogen (secondary N) is 1. The third-order valence-electron chi connectivity index (χ3n) is 4.26. The van der Waals surface area contributed by atoms with Crippen LogP contribution >= 0.6 is 11.6 Å². The van der Waals surface area contributed by atoms with E-state index in [1.54, 1.807) is 13.3 Å². The van der Waals surface area contributed by atoms with Crippen LogP contribution in [0.2, 0.25) is 5.02 Å². The van der Waals surface area contributed by atoms with Crippen LogP contribution in [0.15, 0.2) is 11.0 Å². The van der Waals surface area contributed by atoms with Gasteiger partial charge >= 0.3 is 0 Å². The highest BCUT2D eigenvalue weighted by Crippen LogP contribution is 2.39. The number of hydrogen-bond donors (Lipinski definition) is 2. The molecule has 7 nitrogen and oxygen atoms in total. The number of methoxy groups -OCH3 is 1. The number of rotatable bonds is 5. The van der Waals surface area contributed by atoms with E-state index in [0.29, 0.717) is 24.8 Å². The first-order valence-corrected chi connectivity index (χ1v) is 7.39. The second kappa shape index (κ2) is 5.92. The van der Waals surface area contributed by atoms with Crippen molar-refractivity contribution >= 4 is 17.3 Å².